The lowest BCUT2D eigenvalue weighted by atomic mass is 9.98. The van der Waals surface area contributed by atoms with Gasteiger partial charge in [0, 0.05) is 16.1 Å². The Hall–Kier alpha value is -3.12. The van der Waals surface area contributed by atoms with Crippen LogP contribution in [-0.2, 0) is 4.74 Å². The van der Waals surface area contributed by atoms with Crippen LogP contribution >= 0.6 is 15.9 Å². The molecule has 1 aliphatic rings. The van der Waals surface area contributed by atoms with Crippen molar-refractivity contribution in [2.45, 2.75) is 12.8 Å². The highest BCUT2D eigenvalue weighted by molar-refractivity contribution is 9.10. The van der Waals surface area contributed by atoms with Crippen LogP contribution in [0.4, 0.5) is 10.5 Å². The van der Waals surface area contributed by atoms with Crippen LogP contribution in [0, 0.1) is 6.92 Å². The molecular weight excluding hydrogens is 434 g/mol. The van der Waals surface area contributed by atoms with E-state index in [4.69, 9.17) is 4.74 Å². The summed E-state index contributed by atoms with van der Waals surface area (Å²) in [7, 11) is 0. The molecule has 1 amide bonds. The fraction of sp³-hybridized carbons (Fsp3) is 0.130. The van der Waals surface area contributed by atoms with Crippen molar-refractivity contribution in [2.75, 3.05) is 11.9 Å². The number of hydrogen-bond acceptors (Lipinski definition) is 3. The molecule has 0 bridgehead atoms. The van der Waals surface area contributed by atoms with Gasteiger partial charge in [-0.3, -0.25) is 5.32 Å². The van der Waals surface area contributed by atoms with E-state index in [0.29, 0.717) is 10.2 Å². The molecule has 3 aromatic rings. The molecule has 0 saturated heterocycles. The highest BCUT2D eigenvalue weighted by atomic mass is 79.9. The van der Waals surface area contributed by atoms with Crippen molar-refractivity contribution in [3.63, 3.8) is 0 Å². The van der Waals surface area contributed by atoms with Crippen LogP contribution in [-0.4, -0.2) is 23.8 Å². The van der Waals surface area contributed by atoms with E-state index in [1.54, 1.807) is 6.92 Å². The first-order chi connectivity index (χ1) is 14.0. The average Bonchev–Trinajstić information content (AvgIpc) is 3.03. The average molecular weight is 452 g/mol. The number of rotatable bonds is 4. The number of nitrogens with one attached hydrogen (secondary N) is 1. The van der Waals surface area contributed by atoms with Crippen LogP contribution < -0.4 is 5.32 Å². The summed E-state index contributed by atoms with van der Waals surface area (Å²) in [6, 6.07) is 19.1. The maximum atomic E-state index is 12.4. The SMILES string of the molecule is Cc1c(Br)cc(C(=O)O)cc1NC(=O)OCC1c2ccccc2-c2ccccc21. The Balaban J connectivity index is 1.52. The van der Waals surface area contributed by atoms with E-state index in [2.05, 4.69) is 45.5 Å². The number of carboxylic acids is 1. The maximum absolute atomic E-state index is 12.4. The molecule has 1 aliphatic carbocycles. The van der Waals surface area contributed by atoms with Crippen LogP contribution in [0.5, 0.6) is 0 Å². The third-order valence-electron chi connectivity index (χ3n) is 5.17. The topological polar surface area (TPSA) is 75.6 Å². The van der Waals surface area contributed by atoms with Gasteiger partial charge in [0.2, 0.25) is 0 Å². The summed E-state index contributed by atoms with van der Waals surface area (Å²) in [6.07, 6.45) is -0.621. The van der Waals surface area contributed by atoms with Crippen molar-refractivity contribution >= 4 is 33.7 Å². The van der Waals surface area contributed by atoms with Crippen molar-refractivity contribution < 1.29 is 19.4 Å². The molecule has 2 N–H and O–H groups in total. The zero-order chi connectivity index (χ0) is 20.5. The normalized spacial score (nSPS) is 12.2. The van der Waals surface area contributed by atoms with E-state index in [1.807, 2.05) is 24.3 Å². The Morgan fingerprint density at radius 3 is 2.21 bits per heavy atom. The molecule has 0 fully saturated rings. The third-order valence-corrected chi connectivity index (χ3v) is 6.00. The Kier molecular flexibility index (Phi) is 5.11. The lowest BCUT2D eigenvalue weighted by molar-refractivity contribution is 0.0696. The van der Waals surface area contributed by atoms with Crippen LogP contribution in [0.15, 0.2) is 65.1 Å². The zero-order valence-corrected chi connectivity index (χ0v) is 17.2. The molecule has 0 saturated carbocycles. The molecular formula is C23H18BrNO4. The molecule has 0 atom stereocenters. The number of anilines is 1. The third kappa shape index (κ3) is 3.63. The largest absolute Gasteiger partial charge is 0.478 e. The summed E-state index contributed by atoms with van der Waals surface area (Å²) in [5.41, 5.74) is 5.78. The van der Waals surface area contributed by atoms with E-state index < -0.39 is 12.1 Å². The van der Waals surface area contributed by atoms with Gasteiger partial charge in [-0.25, -0.2) is 9.59 Å². The maximum Gasteiger partial charge on any atom is 0.411 e. The van der Waals surface area contributed by atoms with E-state index >= 15 is 0 Å². The monoisotopic (exact) mass is 451 g/mol. The minimum absolute atomic E-state index is 0.0358. The summed E-state index contributed by atoms with van der Waals surface area (Å²) in [5.74, 6) is -1.10. The fourth-order valence-electron chi connectivity index (χ4n) is 3.68. The number of aromatic carboxylic acids is 1. The number of carbonyl (C=O) groups excluding carboxylic acids is 1. The van der Waals surface area contributed by atoms with Crippen LogP contribution in [0.3, 0.4) is 0 Å². The number of carboxylic acid groups (broad SMARTS) is 1. The first-order valence-electron chi connectivity index (χ1n) is 9.11. The van der Waals surface area contributed by atoms with Crippen LogP contribution in [0.2, 0.25) is 0 Å². The van der Waals surface area contributed by atoms with E-state index in [0.717, 1.165) is 27.8 Å². The molecule has 146 valence electrons. The molecule has 0 heterocycles. The van der Waals surface area contributed by atoms with Gasteiger partial charge in [0.1, 0.15) is 6.61 Å². The van der Waals surface area contributed by atoms with Crippen LogP contribution in [0.1, 0.15) is 33.0 Å². The molecule has 0 aromatic heterocycles. The number of benzene rings is 3. The minimum atomic E-state index is -1.07. The Morgan fingerprint density at radius 2 is 1.62 bits per heavy atom. The first kappa shape index (κ1) is 19.2. The number of hydrogen-bond donors (Lipinski definition) is 2. The van der Waals surface area contributed by atoms with E-state index in [-0.39, 0.29) is 18.1 Å². The van der Waals surface area contributed by atoms with E-state index in [1.165, 1.54) is 12.1 Å². The smallest absolute Gasteiger partial charge is 0.411 e. The second-order valence-corrected chi connectivity index (χ2v) is 7.74. The van der Waals surface area contributed by atoms with Gasteiger partial charge in [-0.15, -0.1) is 0 Å². The molecule has 29 heavy (non-hydrogen) atoms. The molecule has 0 radical (unpaired) electrons. The predicted octanol–water partition coefficient (Wildman–Crippen LogP) is 5.82. The van der Waals surface area contributed by atoms with Crippen molar-refractivity contribution in [3.8, 4) is 11.1 Å². The number of fused-ring (bicyclic) bond motifs is 3. The van der Waals surface area contributed by atoms with Gasteiger partial charge in [0.15, 0.2) is 0 Å². The van der Waals surface area contributed by atoms with Crippen molar-refractivity contribution in [3.05, 3.63) is 87.4 Å². The lowest BCUT2D eigenvalue weighted by Crippen LogP contribution is -2.18. The Morgan fingerprint density at radius 1 is 1.03 bits per heavy atom. The fourth-order valence-corrected chi connectivity index (χ4v) is 4.14. The summed E-state index contributed by atoms with van der Waals surface area (Å²) in [4.78, 5) is 23.7. The number of halogens is 1. The van der Waals surface area contributed by atoms with Gasteiger partial charge in [-0.1, -0.05) is 64.5 Å². The summed E-state index contributed by atoms with van der Waals surface area (Å²) < 4.78 is 6.13. The van der Waals surface area contributed by atoms with Gasteiger partial charge in [-0.2, -0.15) is 0 Å². The number of carbonyl (C=O) groups is 2. The van der Waals surface area contributed by atoms with Gasteiger partial charge in [0.25, 0.3) is 0 Å². The van der Waals surface area contributed by atoms with Crippen molar-refractivity contribution in [1.29, 1.82) is 0 Å². The number of amides is 1. The van der Waals surface area contributed by atoms with Gasteiger partial charge in [-0.05, 0) is 46.9 Å². The highest BCUT2D eigenvalue weighted by Gasteiger charge is 2.29. The summed E-state index contributed by atoms with van der Waals surface area (Å²) in [6.45, 7) is 1.98. The number of ether oxygens (including phenoxy) is 1. The van der Waals surface area contributed by atoms with Crippen molar-refractivity contribution in [1.82, 2.24) is 0 Å². The highest BCUT2D eigenvalue weighted by Crippen LogP contribution is 2.44. The quantitative estimate of drug-likeness (QED) is 0.524. The van der Waals surface area contributed by atoms with Gasteiger partial charge >= 0.3 is 12.1 Å². The summed E-state index contributed by atoms with van der Waals surface area (Å²) >= 11 is 3.33. The minimum Gasteiger partial charge on any atom is -0.478 e. The molecule has 0 unspecified atom stereocenters. The zero-order valence-electron chi connectivity index (χ0n) is 15.6. The second-order valence-electron chi connectivity index (χ2n) is 6.89. The Bertz CT molecular complexity index is 1080. The van der Waals surface area contributed by atoms with Crippen LogP contribution in [0.25, 0.3) is 11.1 Å². The summed E-state index contributed by atoms with van der Waals surface area (Å²) in [5, 5.41) is 11.9. The molecule has 3 aromatic carbocycles. The second kappa shape index (κ2) is 7.72. The molecule has 6 heteroatoms. The van der Waals surface area contributed by atoms with Gasteiger partial charge < -0.3 is 9.84 Å². The first-order valence-corrected chi connectivity index (χ1v) is 9.90. The molecule has 5 nitrogen and oxygen atoms in total. The molecule has 0 aliphatic heterocycles. The molecule has 4 rings (SSSR count). The standard InChI is InChI=1S/C23H18BrNO4/c1-13-20(24)10-14(22(26)27)11-21(13)25-23(28)29-12-19-17-8-4-2-6-15(17)16-7-3-5-9-18(16)19/h2-11,19H,12H2,1H3,(H,25,28)(H,26,27). The Labute approximate surface area is 176 Å². The van der Waals surface area contributed by atoms with Crippen molar-refractivity contribution in [2.24, 2.45) is 0 Å². The van der Waals surface area contributed by atoms with Gasteiger partial charge in [0.05, 0.1) is 5.56 Å². The predicted molar refractivity (Wildman–Crippen MR) is 115 cm³/mol. The van der Waals surface area contributed by atoms with E-state index in [9.17, 15) is 14.7 Å². The lowest BCUT2D eigenvalue weighted by Gasteiger charge is -2.16. The molecule has 0 spiro atoms.